The topological polar surface area (TPSA) is 25.8 Å². The zero-order valence-corrected chi connectivity index (χ0v) is 21.9. The van der Waals surface area contributed by atoms with Gasteiger partial charge in [0, 0.05) is 21.9 Å². The van der Waals surface area contributed by atoms with Crippen LogP contribution >= 0.6 is 0 Å². The highest BCUT2D eigenvalue weighted by molar-refractivity contribution is 6.05. The van der Waals surface area contributed by atoms with Gasteiger partial charge in [-0.1, -0.05) is 111 Å². The van der Waals surface area contributed by atoms with E-state index in [0.29, 0.717) is 0 Å². The summed E-state index contributed by atoms with van der Waals surface area (Å²) in [6, 6.07) is 43.4. The van der Waals surface area contributed by atoms with E-state index >= 15 is 0 Å². The molecule has 0 bridgehead atoms. The van der Waals surface area contributed by atoms with Crippen LogP contribution in [0.3, 0.4) is 0 Å². The molecule has 0 radical (unpaired) electrons. The molecule has 0 unspecified atom stereocenters. The smallest absolute Gasteiger partial charge is 0.0973 e. The van der Waals surface area contributed by atoms with Crippen LogP contribution in [0.1, 0.15) is 25.0 Å². The highest BCUT2D eigenvalue weighted by Gasteiger charge is 2.36. The Morgan fingerprint density at radius 2 is 1.15 bits per heavy atom. The molecule has 1 aliphatic rings. The van der Waals surface area contributed by atoms with Crippen LogP contribution in [0.4, 0.5) is 0 Å². The molecular weight excluding hydrogens is 472 g/mol. The summed E-state index contributed by atoms with van der Waals surface area (Å²) in [6.07, 6.45) is 0. The van der Waals surface area contributed by atoms with Gasteiger partial charge in [0.15, 0.2) is 0 Å². The Kier molecular flexibility index (Phi) is 4.60. The van der Waals surface area contributed by atoms with E-state index < -0.39 is 0 Å². The molecule has 0 saturated carbocycles. The minimum Gasteiger partial charge on any atom is -0.244 e. The minimum atomic E-state index is -0.116. The predicted octanol–water partition coefficient (Wildman–Crippen LogP) is 9.58. The summed E-state index contributed by atoms with van der Waals surface area (Å²) in [4.78, 5) is 10.6. The lowest BCUT2D eigenvalue weighted by atomic mass is 9.81. The van der Waals surface area contributed by atoms with Gasteiger partial charge in [-0.2, -0.15) is 0 Å². The number of benzene rings is 6. The average molecular weight is 499 g/mol. The second-order valence-corrected chi connectivity index (χ2v) is 11.1. The number of aromatic nitrogens is 2. The molecule has 0 saturated heterocycles. The van der Waals surface area contributed by atoms with E-state index in [9.17, 15) is 0 Å². The van der Waals surface area contributed by atoms with Crippen molar-refractivity contribution in [3.8, 4) is 33.6 Å². The van der Waals surface area contributed by atoms with Crippen molar-refractivity contribution in [1.82, 2.24) is 9.97 Å². The van der Waals surface area contributed by atoms with E-state index in [2.05, 4.69) is 129 Å². The minimum absolute atomic E-state index is 0.116. The van der Waals surface area contributed by atoms with Gasteiger partial charge in [0.1, 0.15) is 0 Å². The van der Waals surface area contributed by atoms with E-state index in [1.165, 1.54) is 38.4 Å². The number of nitrogens with zero attached hydrogens (tertiary/aromatic N) is 2. The normalized spacial score (nSPS) is 13.6. The molecule has 0 aliphatic heterocycles. The van der Waals surface area contributed by atoms with Crippen LogP contribution in [0, 0.1) is 0 Å². The van der Waals surface area contributed by atoms with E-state index in [-0.39, 0.29) is 5.41 Å². The van der Waals surface area contributed by atoms with Crippen molar-refractivity contribution < 1.29 is 0 Å². The molecule has 1 aliphatic carbocycles. The van der Waals surface area contributed by atoms with Crippen LogP contribution in [0.2, 0.25) is 0 Å². The third kappa shape index (κ3) is 3.28. The molecule has 184 valence electrons. The fourth-order valence-electron chi connectivity index (χ4n) is 6.36. The number of fused-ring (bicyclic) bond motifs is 7. The monoisotopic (exact) mass is 498 g/mol. The maximum absolute atomic E-state index is 5.35. The van der Waals surface area contributed by atoms with Crippen LogP contribution in [0.25, 0.3) is 66.2 Å². The van der Waals surface area contributed by atoms with Crippen molar-refractivity contribution >= 4 is 32.6 Å². The Balaban J connectivity index is 1.40. The van der Waals surface area contributed by atoms with Gasteiger partial charge in [0.05, 0.1) is 22.4 Å². The lowest BCUT2D eigenvalue weighted by molar-refractivity contribution is 0.661. The molecular formula is C37H26N2. The van der Waals surface area contributed by atoms with Crippen LogP contribution < -0.4 is 0 Å². The predicted molar refractivity (Wildman–Crippen MR) is 163 cm³/mol. The third-order valence-electron chi connectivity index (χ3n) is 8.42. The molecule has 39 heavy (non-hydrogen) atoms. The first-order chi connectivity index (χ1) is 19.1. The van der Waals surface area contributed by atoms with Crippen molar-refractivity contribution in [3.63, 3.8) is 0 Å². The number of hydrogen-bond donors (Lipinski definition) is 0. The molecule has 0 spiro atoms. The quantitative estimate of drug-likeness (QED) is 0.222. The van der Waals surface area contributed by atoms with Crippen LogP contribution in [-0.2, 0) is 5.41 Å². The number of rotatable bonds is 2. The van der Waals surface area contributed by atoms with Gasteiger partial charge in [-0.05, 0) is 62.7 Å². The van der Waals surface area contributed by atoms with Crippen molar-refractivity contribution in [2.45, 2.75) is 19.3 Å². The van der Waals surface area contributed by atoms with E-state index in [1.807, 2.05) is 6.07 Å². The maximum atomic E-state index is 5.35. The SMILES string of the molecule is CC1(C)c2cc(-c3nc4c(ccc5ccccc54)nc3-c3ccccc3)ccc2-c2cc3ccccc3cc21. The van der Waals surface area contributed by atoms with Crippen molar-refractivity contribution in [2.75, 3.05) is 0 Å². The Morgan fingerprint density at radius 1 is 0.487 bits per heavy atom. The molecule has 1 heterocycles. The molecule has 8 rings (SSSR count). The highest BCUT2D eigenvalue weighted by Crippen LogP contribution is 2.51. The van der Waals surface area contributed by atoms with Gasteiger partial charge in [-0.15, -0.1) is 0 Å². The van der Waals surface area contributed by atoms with Gasteiger partial charge >= 0.3 is 0 Å². The van der Waals surface area contributed by atoms with Crippen molar-refractivity contribution in [3.05, 3.63) is 132 Å². The maximum Gasteiger partial charge on any atom is 0.0973 e. The van der Waals surface area contributed by atoms with E-state index in [1.54, 1.807) is 0 Å². The van der Waals surface area contributed by atoms with Crippen LogP contribution in [0.5, 0.6) is 0 Å². The first kappa shape index (κ1) is 22.2. The van der Waals surface area contributed by atoms with Crippen LogP contribution in [-0.4, -0.2) is 9.97 Å². The Bertz CT molecular complexity index is 2090. The van der Waals surface area contributed by atoms with Crippen molar-refractivity contribution in [1.29, 1.82) is 0 Å². The summed E-state index contributed by atoms with van der Waals surface area (Å²) >= 11 is 0. The van der Waals surface area contributed by atoms with Gasteiger partial charge in [-0.25, -0.2) is 9.97 Å². The standard InChI is InChI=1S/C37H26N2/c1-37(2)31-22-27(16-18-29(31)30-20-25-13-6-7-14-26(25)21-32(30)37)35-34(24-11-4-3-5-12-24)38-33-19-17-23-10-8-9-15-28(23)36(33)39-35/h3-22H,1-2H3. The van der Waals surface area contributed by atoms with Crippen LogP contribution in [0.15, 0.2) is 121 Å². The summed E-state index contributed by atoms with van der Waals surface area (Å²) in [6.45, 7) is 4.68. The molecule has 7 aromatic rings. The fraction of sp³-hybridized carbons (Fsp3) is 0.0811. The Hall–Kier alpha value is -4.82. The molecule has 2 nitrogen and oxygen atoms in total. The summed E-state index contributed by atoms with van der Waals surface area (Å²) in [7, 11) is 0. The molecule has 0 amide bonds. The second-order valence-electron chi connectivity index (χ2n) is 11.1. The molecule has 2 heteroatoms. The Labute approximate surface area is 227 Å². The van der Waals surface area contributed by atoms with Gasteiger partial charge in [-0.3, -0.25) is 0 Å². The molecule has 6 aromatic carbocycles. The third-order valence-corrected chi connectivity index (χ3v) is 8.42. The molecule has 1 aromatic heterocycles. The van der Waals surface area contributed by atoms with Gasteiger partial charge in [0.2, 0.25) is 0 Å². The van der Waals surface area contributed by atoms with E-state index in [0.717, 1.165) is 38.9 Å². The molecule has 0 N–H and O–H groups in total. The largest absolute Gasteiger partial charge is 0.244 e. The fourth-order valence-corrected chi connectivity index (χ4v) is 6.36. The van der Waals surface area contributed by atoms with Gasteiger partial charge < -0.3 is 0 Å². The lowest BCUT2D eigenvalue weighted by Crippen LogP contribution is -2.15. The zero-order chi connectivity index (χ0) is 26.1. The van der Waals surface area contributed by atoms with Crippen molar-refractivity contribution in [2.24, 2.45) is 0 Å². The zero-order valence-electron chi connectivity index (χ0n) is 21.9. The summed E-state index contributed by atoms with van der Waals surface area (Å²) in [5, 5.41) is 4.87. The number of hydrogen-bond acceptors (Lipinski definition) is 2. The highest BCUT2D eigenvalue weighted by atomic mass is 14.8. The van der Waals surface area contributed by atoms with Gasteiger partial charge in [0.25, 0.3) is 0 Å². The summed E-state index contributed by atoms with van der Waals surface area (Å²) in [5.74, 6) is 0. The molecule has 0 fully saturated rings. The lowest BCUT2D eigenvalue weighted by Gasteiger charge is -2.22. The average Bonchev–Trinajstić information content (AvgIpc) is 3.21. The summed E-state index contributed by atoms with van der Waals surface area (Å²) in [5.41, 5.74) is 11.1. The summed E-state index contributed by atoms with van der Waals surface area (Å²) < 4.78 is 0. The van der Waals surface area contributed by atoms with E-state index in [4.69, 9.17) is 9.97 Å². The second kappa shape index (κ2) is 8.09. The Morgan fingerprint density at radius 3 is 1.97 bits per heavy atom. The molecule has 0 atom stereocenters. The first-order valence-corrected chi connectivity index (χ1v) is 13.5. The first-order valence-electron chi connectivity index (χ1n) is 13.5.